The second kappa shape index (κ2) is 8.81. The highest BCUT2D eigenvalue weighted by molar-refractivity contribution is 7.98. The van der Waals surface area contributed by atoms with Gasteiger partial charge in [-0.05, 0) is 51.3 Å². The number of nitrogens with zero attached hydrogens (tertiary/aromatic N) is 4. The number of benzene rings is 1. The van der Waals surface area contributed by atoms with E-state index in [-0.39, 0.29) is 18.2 Å². The third-order valence-electron chi connectivity index (χ3n) is 5.50. The Hall–Kier alpha value is -2.32. The van der Waals surface area contributed by atoms with Crippen LogP contribution in [0.3, 0.4) is 0 Å². The zero-order chi connectivity index (χ0) is 21.3. The zero-order valence-electron chi connectivity index (χ0n) is 18.0. The molecule has 160 valence electrons. The van der Waals surface area contributed by atoms with Crippen LogP contribution in [-0.4, -0.2) is 59.0 Å². The van der Waals surface area contributed by atoms with Gasteiger partial charge in [0.15, 0.2) is 0 Å². The van der Waals surface area contributed by atoms with Crippen molar-refractivity contribution < 1.29 is 9.53 Å². The minimum atomic E-state index is -0.0900. The number of hydrogen-bond donors (Lipinski definition) is 1. The minimum absolute atomic E-state index is 0.0900. The molecule has 30 heavy (non-hydrogen) atoms. The van der Waals surface area contributed by atoms with Gasteiger partial charge in [0.05, 0.1) is 24.4 Å². The van der Waals surface area contributed by atoms with Crippen LogP contribution in [0.25, 0.3) is 0 Å². The summed E-state index contributed by atoms with van der Waals surface area (Å²) in [6.07, 6.45) is 3.06. The fourth-order valence-electron chi connectivity index (χ4n) is 4.18. The molecule has 0 aliphatic carbocycles. The van der Waals surface area contributed by atoms with E-state index in [9.17, 15) is 4.79 Å². The molecule has 1 aromatic carbocycles. The summed E-state index contributed by atoms with van der Waals surface area (Å²) in [4.78, 5) is 27.7. The van der Waals surface area contributed by atoms with Gasteiger partial charge in [-0.25, -0.2) is 14.8 Å². The van der Waals surface area contributed by atoms with Gasteiger partial charge in [0.25, 0.3) is 0 Å². The van der Waals surface area contributed by atoms with Gasteiger partial charge in [0.1, 0.15) is 11.6 Å². The molecule has 0 bridgehead atoms. The summed E-state index contributed by atoms with van der Waals surface area (Å²) < 4.78 is 5.89. The summed E-state index contributed by atoms with van der Waals surface area (Å²) >= 11 is 1.68. The maximum absolute atomic E-state index is 12.9. The first-order chi connectivity index (χ1) is 14.4. The average Bonchev–Trinajstić information content (AvgIpc) is 2.72. The van der Waals surface area contributed by atoms with E-state index in [1.54, 1.807) is 11.8 Å². The first-order valence-electron chi connectivity index (χ1n) is 10.4. The number of aromatic nitrogens is 2. The molecule has 0 unspecified atom stereocenters. The molecule has 1 N–H and O–H groups in total. The Morgan fingerprint density at radius 2 is 1.87 bits per heavy atom. The van der Waals surface area contributed by atoms with E-state index in [2.05, 4.69) is 29.0 Å². The lowest BCUT2D eigenvalue weighted by molar-refractivity contribution is -0.00557. The van der Waals surface area contributed by atoms with Gasteiger partial charge in [0, 0.05) is 42.2 Å². The fourth-order valence-corrected chi connectivity index (χ4v) is 4.59. The fraction of sp³-hybridized carbons (Fsp3) is 0.500. The molecule has 2 amide bonds. The summed E-state index contributed by atoms with van der Waals surface area (Å²) in [5.74, 6) is 1.73. The van der Waals surface area contributed by atoms with E-state index in [0.29, 0.717) is 13.1 Å². The van der Waals surface area contributed by atoms with E-state index < -0.39 is 0 Å². The van der Waals surface area contributed by atoms with Gasteiger partial charge in [-0.15, -0.1) is 11.8 Å². The predicted molar refractivity (Wildman–Crippen MR) is 120 cm³/mol. The molecule has 8 heteroatoms. The number of nitrogens with one attached hydrogen (secondary N) is 1. The van der Waals surface area contributed by atoms with Gasteiger partial charge in [0.2, 0.25) is 0 Å². The minimum Gasteiger partial charge on any atom is -0.372 e. The predicted octanol–water partition coefficient (Wildman–Crippen LogP) is 3.71. The monoisotopic (exact) mass is 427 g/mol. The molecule has 1 saturated heterocycles. The standard InChI is InChI=1S/C22H29N5O2S/c1-14-11-27(12-15(2)29-14)21-19-13-26(10-9-20(19)23-16(3)24-21)22(28)25-17-5-7-18(30-4)8-6-17/h5-8,14-15H,9-13H2,1-4H3,(H,25,28)/t14-,15-/m1/s1. The third-order valence-corrected chi connectivity index (χ3v) is 6.24. The van der Waals surface area contributed by atoms with E-state index in [1.165, 1.54) is 4.90 Å². The number of fused-ring (bicyclic) bond motifs is 1. The number of anilines is 2. The largest absolute Gasteiger partial charge is 0.372 e. The first-order valence-corrected chi connectivity index (χ1v) is 11.6. The lowest BCUT2D eigenvalue weighted by atomic mass is 10.0. The number of aryl methyl sites for hydroxylation is 1. The maximum atomic E-state index is 12.9. The van der Waals surface area contributed by atoms with Crippen molar-refractivity contribution in [1.29, 1.82) is 0 Å². The Bertz CT molecular complexity index is 910. The molecule has 0 spiro atoms. The van der Waals surface area contributed by atoms with E-state index in [0.717, 1.165) is 48.1 Å². The van der Waals surface area contributed by atoms with Crippen molar-refractivity contribution >= 4 is 29.3 Å². The van der Waals surface area contributed by atoms with Gasteiger partial charge in [-0.2, -0.15) is 0 Å². The van der Waals surface area contributed by atoms with Gasteiger partial charge in [-0.3, -0.25) is 0 Å². The van der Waals surface area contributed by atoms with E-state index in [1.807, 2.05) is 42.3 Å². The number of carbonyl (C=O) groups excluding carboxylic acids is 1. The molecule has 1 aromatic heterocycles. The summed E-state index contributed by atoms with van der Waals surface area (Å²) in [5.41, 5.74) is 2.92. The molecular weight excluding hydrogens is 398 g/mol. The smallest absolute Gasteiger partial charge is 0.322 e. The molecule has 2 atom stereocenters. The highest BCUT2D eigenvalue weighted by atomic mass is 32.2. The number of rotatable bonds is 3. The summed E-state index contributed by atoms with van der Waals surface area (Å²) in [5, 5.41) is 3.02. The Balaban J connectivity index is 1.54. The molecule has 0 radical (unpaired) electrons. The summed E-state index contributed by atoms with van der Waals surface area (Å²) in [6.45, 7) is 8.86. The summed E-state index contributed by atoms with van der Waals surface area (Å²) in [6, 6.07) is 7.82. The number of ether oxygens (including phenoxy) is 1. The third kappa shape index (κ3) is 4.54. The van der Waals surface area contributed by atoms with Crippen LogP contribution in [0.4, 0.5) is 16.3 Å². The van der Waals surface area contributed by atoms with Crippen LogP contribution in [0.2, 0.25) is 0 Å². The Kier molecular flexibility index (Phi) is 6.15. The Labute approximate surface area is 182 Å². The van der Waals surface area contributed by atoms with Crippen molar-refractivity contribution in [3.05, 3.63) is 41.3 Å². The van der Waals surface area contributed by atoms with Crippen LogP contribution < -0.4 is 10.2 Å². The van der Waals surface area contributed by atoms with Crippen molar-refractivity contribution in [2.24, 2.45) is 0 Å². The summed E-state index contributed by atoms with van der Waals surface area (Å²) in [7, 11) is 0. The number of carbonyl (C=O) groups is 1. The normalized spacial score (nSPS) is 21.3. The SMILES string of the molecule is CSc1ccc(NC(=O)N2CCc3nc(C)nc(N4C[C@@H](C)O[C@H](C)C4)c3C2)cc1. The molecule has 2 aliphatic rings. The molecule has 4 rings (SSSR count). The second-order valence-corrected chi connectivity index (χ2v) is 8.89. The van der Waals surface area contributed by atoms with Crippen molar-refractivity contribution in [2.75, 3.05) is 36.1 Å². The molecule has 7 nitrogen and oxygen atoms in total. The lowest BCUT2D eigenvalue weighted by Crippen LogP contribution is -2.47. The van der Waals surface area contributed by atoms with Crippen LogP contribution >= 0.6 is 11.8 Å². The first kappa shape index (κ1) is 20.9. The number of amides is 2. The molecule has 1 fully saturated rings. The topological polar surface area (TPSA) is 70.6 Å². The molecule has 0 saturated carbocycles. The Morgan fingerprint density at radius 3 is 2.53 bits per heavy atom. The second-order valence-electron chi connectivity index (χ2n) is 8.01. The van der Waals surface area contributed by atoms with Crippen molar-refractivity contribution in [3.8, 4) is 0 Å². The van der Waals surface area contributed by atoms with Crippen molar-refractivity contribution in [3.63, 3.8) is 0 Å². The van der Waals surface area contributed by atoms with Crippen molar-refractivity contribution in [2.45, 2.75) is 50.8 Å². The number of hydrogen-bond acceptors (Lipinski definition) is 6. The highest BCUT2D eigenvalue weighted by Crippen LogP contribution is 2.29. The molecular formula is C22H29N5O2S. The zero-order valence-corrected chi connectivity index (χ0v) is 18.8. The van der Waals surface area contributed by atoms with E-state index in [4.69, 9.17) is 9.72 Å². The van der Waals surface area contributed by atoms with Crippen LogP contribution in [0.5, 0.6) is 0 Å². The maximum Gasteiger partial charge on any atom is 0.322 e. The van der Waals surface area contributed by atoms with Crippen molar-refractivity contribution in [1.82, 2.24) is 14.9 Å². The van der Waals surface area contributed by atoms with Gasteiger partial charge < -0.3 is 19.9 Å². The van der Waals surface area contributed by atoms with Crippen LogP contribution in [0.1, 0.15) is 30.9 Å². The quantitative estimate of drug-likeness (QED) is 0.753. The number of morpholine rings is 1. The van der Waals surface area contributed by atoms with E-state index >= 15 is 0 Å². The van der Waals surface area contributed by atoms with Crippen LogP contribution in [0.15, 0.2) is 29.2 Å². The van der Waals surface area contributed by atoms with Crippen LogP contribution in [0, 0.1) is 6.92 Å². The van der Waals surface area contributed by atoms with Gasteiger partial charge in [-0.1, -0.05) is 0 Å². The number of thioether (sulfide) groups is 1. The Morgan fingerprint density at radius 1 is 1.17 bits per heavy atom. The van der Waals surface area contributed by atoms with Gasteiger partial charge >= 0.3 is 6.03 Å². The van der Waals surface area contributed by atoms with Crippen LogP contribution in [-0.2, 0) is 17.7 Å². The molecule has 2 aliphatic heterocycles. The molecule has 2 aromatic rings. The number of urea groups is 1. The highest BCUT2D eigenvalue weighted by Gasteiger charge is 2.30. The average molecular weight is 428 g/mol. The lowest BCUT2D eigenvalue weighted by Gasteiger charge is -2.38. The molecule has 3 heterocycles.